The first-order valence-corrected chi connectivity index (χ1v) is 8.24. The second-order valence-electron chi connectivity index (χ2n) is 5.40. The summed E-state index contributed by atoms with van der Waals surface area (Å²) in [5.41, 5.74) is 0.111. The number of thiophene rings is 1. The smallest absolute Gasteiger partial charge is 0.250 e. The Morgan fingerprint density at radius 1 is 1.33 bits per heavy atom. The predicted octanol–water partition coefficient (Wildman–Crippen LogP) is 2.00. The lowest BCUT2D eigenvalue weighted by molar-refractivity contribution is 0.300. The maximum atomic E-state index is 12.0. The standard InChI is InChI=1S/C12H21NO3S2/c1-12(2,3)7-8-13-18(15,16)11-5-4-10(17-11)6-9-14/h4-5,13-14H,6-9H2,1-3H3. The van der Waals surface area contributed by atoms with Crippen molar-refractivity contribution in [2.75, 3.05) is 13.2 Å². The fraction of sp³-hybridized carbons (Fsp3) is 0.667. The molecule has 1 rings (SSSR count). The van der Waals surface area contributed by atoms with E-state index >= 15 is 0 Å². The van der Waals surface area contributed by atoms with Gasteiger partial charge < -0.3 is 5.11 Å². The minimum absolute atomic E-state index is 0.0391. The Bertz CT molecular complexity index is 472. The van der Waals surface area contributed by atoms with Crippen LogP contribution < -0.4 is 4.72 Å². The van der Waals surface area contributed by atoms with Crippen molar-refractivity contribution in [1.82, 2.24) is 4.72 Å². The van der Waals surface area contributed by atoms with Crippen molar-refractivity contribution >= 4 is 21.4 Å². The molecule has 0 aliphatic heterocycles. The molecule has 104 valence electrons. The molecule has 4 nitrogen and oxygen atoms in total. The van der Waals surface area contributed by atoms with Crippen LogP contribution >= 0.6 is 11.3 Å². The van der Waals surface area contributed by atoms with Crippen LogP contribution in [0.1, 0.15) is 32.1 Å². The SMILES string of the molecule is CC(C)(C)CCNS(=O)(=O)c1ccc(CCO)s1. The average Bonchev–Trinajstić information content (AvgIpc) is 2.65. The summed E-state index contributed by atoms with van der Waals surface area (Å²) in [7, 11) is -3.39. The zero-order valence-corrected chi connectivity index (χ0v) is 12.7. The first-order valence-electron chi connectivity index (χ1n) is 5.94. The third kappa shape index (κ3) is 5.06. The Morgan fingerprint density at radius 2 is 2.00 bits per heavy atom. The van der Waals surface area contributed by atoms with E-state index in [-0.39, 0.29) is 12.0 Å². The summed E-state index contributed by atoms with van der Waals surface area (Å²) in [6.07, 6.45) is 1.29. The van der Waals surface area contributed by atoms with E-state index in [2.05, 4.69) is 25.5 Å². The van der Waals surface area contributed by atoms with Gasteiger partial charge in [0, 0.05) is 24.4 Å². The van der Waals surface area contributed by atoms with Gasteiger partial charge in [-0.1, -0.05) is 20.8 Å². The normalized spacial score (nSPS) is 12.9. The molecule has 0 aromatic carbocycles. The van der Waals surface area contributed by atoms with Crippen molar-refractivity contribution in [3.05, 3.63) is 17.0 Å². The van der Waals surface area contributed by atoms with E-state index in [9.17, 15) is 8.42 Å². The lowest BCUT2D eigenvalue weighted by atomic mass is 9.93. The van der Waals surface area contributed by atoms with Crippen LogP contribution in [-0.2, 0) is 16.4 Å². The van der Waals surface area contributed by atoms with Gasteiger partial charge in [0.1, 0.15) is 4.21 Å². The first kappa shape index (κ1) is 15.6. The van der Waals surface area contributed by atoms with E-state index in [4.69, 9.17) is 5.11 Å². The van der Waals surface area contributed by atoms with Crippen LogP contribution in [0.2, 0.25) is 0 Å². The maximum absolute atomic E-state index is 12.0. The summed E-state index contributed by atoms with van der Waals surface area (Å²) in [6, 6.07) is 3.34. The molecule has 18 heavy (non-hydrogen) atoms. The molecule has 0 bridgehead atoms. The Hall–Kier alpha value is -0.430. The zero-order valence-electron chi connectivity index (χ0n) is 11.1. The molecule has 0 radical (unpaired) electrons. The molecule has 0 atom stereocenters. The van der Waals surface area contributed by atoms with Crippen LogP contribution in [0.3, 0.4) is 0 Å². The topological polar surface area (TPSA) is 66.4 Å². The highest BCUT2D eigenvalue weighted by atomic mass is 32.2. The van der Waals surface area contributed by atoms with Gasteiger partial charge in [0.2, 0.25) is 10.0 Å². The molecule has 1 aromatic rings. The Morgan fingerprint density at radius 3 is 2.56 bits per heavy atom. The van der Waals surface area contributed by atoms with Crippen LogP contribution in [0, 0.1) is 5.41 Å². The number of nitrogens with one attached hydrogen (secondary N) is 1. The minimum atomic E-state index is -3.39. The van der Waals surface area contributed by atoms with Crippen molar-refractivity contribution in [2.24, 2.45) is 5.41 Å². The number of aliphatic hydroxyl groups is 1. The molecule has 1 aromatic heterocycles. The maximum Gasteiger partial charge on any atom is 0.250 e. The van der Waals surface area contributed by atoms with E-state index in [1.54, 1.807) is 12.1 Å². The second-order valence-corrected chi connectivity index (χ2v) is 8.56. The van der Waals surface area contributed by atoms with E-state index in [0.717, 1.165) is 11.3 Å². The molecule has 0 aliphatic rings. The number of hydrogen-bond donors (Lipinski definition) is 2. The van der Waals surface area contributed by atoms with Crippen LogP contribution in [0.25, 0.3) is 0 Å². The predicted molar refractivity (Wildman–Crippen MR) is 74.4 cm³/mol. The summed E-state index contributed by atoms with van der Waals surface area (Å²) in [4.78, 5) is 0.883. The van der Waals surface area contributed by atoms with Crippen molar-refractivity contribution in [3.8, 4) is 0 Å². The molecule has 0 unspecified atom stereocenters. The highest BCUT2D eigenvalue weighted by Gasteiger charge is 2.18. The van der Waals surface area contributed by atoms with Crippen LogP contribution in [0.4, 0.5) is 0 Å². The van der Waals surface area contributed by atoms with Gasteiger partial charge in [-0.15, -0.1) is 11.3 Å². The summed E-state index contributed by atoms with van der Waals surface area (Å²) < 4.78 is 26.9. The van der Waals surface area contributed by atoms with Gasteiger partial charge in [-0.25, -0.2) is 13.1 Å². The average molecular weight is 291 g/mol. The zero-order chi connectivity index (χ0) is 13.8. The highest BCUT2D eigenvalue weighted by Crippen LogP contribution is 2.22. The molecule has 0 fully saturated rings. The summed E-state index contributed by atoms with van der Waals surface area (Å²) >= 11 is 1.21. The van der Waals surface area contributed by atoms with Crippen molar-refractivity contribution < 1.29 is 13.5 Å². The lowest BCUT2D eigenvalue weighted by Crippen LogP contribution is -2.26. The molecular formula is C12H21NO3S2. The van der Waals surface area contributed by atoms with Gasteiger partial charge in [-0.3, -0.25) is 0 Å². The van der Waals surface area contributed by atoms with Crippen molar-refractivity contribution in [3.63, 3.8) is 0 Å². The Kier molecular flexibility index (Phi) is 5.33. The molecule has 0 spiro atoms. The monoisotopic (exact) mass is 291 g/mol. The summed E-state index contributed by atoms with van der Waals surface area (Å²) in [6.45, 7) is 6.71. The molecule has 2 N–H and O–H groups in total. The molecule has 0 saturated heterocycles. The Labute approximate surface area is 113 Å². The highest BCUT2D eigenvalue weighted by molar-refractivity contribution is 7.91. The van der Waals surface area contributed by atoms with Gasteiger partial charge in [0.25, 0.3) is 0 Å². The van der Waals surface area contributed by atoms with Crippen molar-refractivity contribution in [1.29, 1.82) is 0 Å². The minimum Gasteiger partial charge on any atom is -0.396 e. The quantitative estimate of drug-likeness (QED) is 0.842. The summed E-state index contributed by atoms with van der Waals surface area (Å²) in [5, 5.41) is 8.80. The molecule has 6 heteroatoms. The molecule has 1 heterocycles. The van der Waals surface area contributed by atoms with Crippen molar-refractivity contribution in [2.45, 2.75) is 37.8 Å². The Balaban J connectivity index is 2.62. The molecular weight excluding hydrogens is 270 g/mol. The largest absolute Gasteiger partial charge is 0.396 e. The summed E-state index contributed by atoms with van der Waals surface area (Å²) in [5.74, 6) is 0. The fourth-order valence-electron chi connectivity index (χ4n) is 1.38. The van der Waals surface area contributed by atoms with E-state index in [1.165, 1.54) is 11.3 Å². The third-order valence-corrected chi connectivity index (χ3v) is 5.53. The molecule has 0 amide bonds. The second kappa shape index (κ2) is 6.14. The van der Waals surface area contributed by atoms with Crippen LogP contribution in [-0.4, -0.2) is 26.7 Å². The first-order chi connectivity index (χ1) is 8.24. The molecule has 0 saturated carbocycles. The fourth-order valence-corrected chi connectivity index (χ4v) is 3.80. The van der Waals surface area contributed by atoms with Crippen LogP contribution in [0.5, 0.6) is 0 Å². The van der Waals surface area contributed by atoms with Gasteiger partial charge in [0.05, 0.1) is 0 Å². The number of aliphatic hydroxyl groups excluding tert-OH is 1. The lowest BCUT2D eigenvalue weighted by Gasteiger charge is -2.17. The van der Waals surface area contributed by atoms with Gasteiger partial charge in [-0.05, 0) is 24.0 Å². The number of rotatable bonds is 6. The van der Waals surface area contributed by atoms with E-state index < -0.39 is 10.0 Å². The molecule has 0 aliphatic carbocycles. The van der Waals surface area contributed by atoms with Gasteiger partial charge in [-0.2, -0.15) is 0 Å². The van der Waals surface area contributed by atoms with Gasteiger partial charge >= 0.3 is 0 Å². The third-order valence-electron chi connectivity index (χ3n) is 2.43. The van der Waals surface area contributed by atoms with E-state index in [0.29, 0.717) is 17.2 Å². The van der Waals surface area contributed by atoms with Crippen LogP contribution in [0.15, 0.2) is 16.3 Å². The number of sulfonamides is 1. The number of hydrogen-bond acceptors (Lipinski definition) is 4. The van der Waals surface area contributed by atoms with Gasteiger partial charge in [0.15, 0.2) is 0 Å². The van der Waals surface area contributed by atoms with E-state index in [1.807, 2.05) is 0 Å².